The molecule has 1 heterocycles. The van der Waals surface area contributed by atoms with Crippen LogP contribution in [0.4, 0.5) is 5.69 Å². The molecular formula is C10H7ClN4O4. The van der Waals surface area contributed by atoms with Gasteiger partial charge in [-0.1, -0.05) is 11.6 Å². The third kappa shape index (κ3) is 2.52. The molecule has 19 heavy (non-hydrogen) atoms. The van der Waals surface area contributed by atoms with Crippen LogP contribution >= 0.6 is 11.6 Å². The maximum atomic E-state index is 11.2. The van der Waals surface area contributed by atoms with E-state index in [0.717, 1.165) is 0 Å². The molecule has 98 valence electrons. The number of hydrogen-bond donors (Lipinski definition) is 0. The Morgan fingerprint density at radius 2 is 2.26 bits per heavy atom. The summed E-state index contributed by atoms with van der Waals surface area (Å²) < 4.78 is 5.70. The second kappa shape index (κ2) is 5.02. The van der Waals surface area contributed by atoms with E-state index in [9.17, 15) is 14.9 Å². The third-order valence-corrected chi connectivity index (χ3v) is 2.55. The molecule has 0 atom stereocenters. The van der Waals surface area contributed by atoms with Gasteiger partial charge in [-0.15, -0.1) is 5.10 Å². The van der Waals surface area contributed by atoms with Crippen molar-refractivity contribution < 1.29 is 14.5 Å². The molecule has 0 aliphatic carbocycles. The average Bonchev–Trinajstić information content (AvgIpc) is 2.87. The quantitative estimate of drug-likeness (QED) is 0.482. The number of carbonyl (C=O) groups is 1. The molecule has 0 saturated heterocycles. The van der Waals surface area contributed by atoms with Gasteiger partial charge in [0.2, 0.25) is 0 Å². The van der Waals surface area contributed by atoms with Crippen LogP contribution in [-0.2, 0) is 4.74 Å². The van der Waals surface area contributed by atoms with E-state index in [1.165, 1.54) is 36.3 Å². The zero-order valence-corrected chi connectivity index (χ0v) is 10.4. The number of halogens is 1. The van der Waals surface area contributed by atoms with E-state index in [1.807, 2.05) is 0 Å². The fourth-order valence-corrected chi connectivity index (χ4v) is 1.62. The molecule has 2 aromatic rings. The van der Waals surface area contributed by atoms with Gasteiger partial charge in [-0.2, -0.15) is 0 Å². The summed E-state index contributed by atoms with van der Waals surface area (Å²) in [6.07, 6.45) is 1.26. The predicted octanol–water partition coefficient (Wildman–Crippen LogP) is 1.62. The molecule has 0 saturated carbocycles. The lowest BCUT2D eigenvalue weighted by atomic mass is 10.3. The van der Waals surface area contributed by atoms with Crippen LogP contribution in [0.1, 0.15) is 10.6 Å². The Bertz CT molecular complexity index is 655. The molecule has 0 amide bonds. The van der Waals surface area contributed by atoms with Crippen molar-refractivity contribution >= 4 is 23.3 Å². The zero-order chi connectivity index (χ0) is 14.0. The van der Waals surface area contributed by atoms with Crippen LogP contribution in [0.25, 0.3) is 5.69 Å². The van der Waals surface area contributed by atoms with Crippen molar-refractivity contribution in [1.29, 1.82) is 0 Å². The van der Waals surface area contributed by atoms with Gasteiger partial charge in [0.05, 0.1) is 22.7 Å². The number of carbonyl (C=O) groups excluding carboxylic acids is 1. The maximum absolute atomic E-state index is 11.2. The monoisotopic (exact) mass is 282 g/mol. The minimum absolute atomic E-state index is 0.121. The van der Waals surface area contributed by atoms with Crippen molar-refractivity contribution in [3.8, 4) is 5.69 Å². The van der Waals surface area contributed by atoms with Crippen molar-refractivity contribution in [3.63, 3.8) is 0 Å². The van der Waals surface area contributed by atoms with Gasteiger partial charge >= 0.3 is 5.97 Å². The van der Waals surface area contributed by atoms with Crippen LogP contribution in [0.15, 0.2) is 24.5 Å². The molecular weight excluding hydrogens is 276 g/mol. The first-order chi connectivity index (χ1) is 9.02. The number of methoxy groups -OCH3 is 1. The van der Waals surface area contributed by atoms with E-state index in [0.29, 0.717) is 5.69 Å². The second-order valence-corrected chi connectivity index (χ2v) is 3.80. The van der Waals surface area contributed by atoms with Crippen LogP contribution in [0.3, 0.4) is 0 Å². The van der Waals surface area contributed by atoms with Crippen molar-refractivity contribution in [2.24, 2.45) is 0 Å². The first-order valence-electron chi connectivity index (χ1n) is 4.97. The molecule has 8 nitrogen and oxygen atoms in total. The molecule has 2 rings (SSSR count). The summed E-state index contributed by atoms with van der Waals surface area (Å²) in [6.45, 7) is 0. The van der Waals surface area contributed by atoms with Gasteiger partial charge in [0.25, 0.3) is 11.5 Å². The molecule has 0 aliphatic rings. The van der Waals surface area contributed by atoms with Crippen LogP contribution < -0.4 is 0 Å². The van der Waals surface area contributed by atoms with Crippen LogP contribution in [0.2, 0.25) is 5.02 Å². The minimum Gasteiger partial charge on any atom is -0.463 e. The molecule has 1 aromatic heterocycles. The summed E-state index contributed by atoms with van der Waals surface area (Å²) in [5.74, 6) is -0.811. The summed E-state index contributed by atoms with van der Waals surface area (Å²) in [5.41, 5.74) is 0.233. The molecule has 0 radical (unpaired) electrons. The number of rotatable bonds is 3. The number of hydrogen-bond acceptors (Lipinski definition) is 6. The number of benzene rings is 1. The van der Waals surface area contributed by atoms with Gasteiger partial charge < -0.3 is 4.74 Å². The van der Waals surface area contributed by atoms with Gasteiger partial charge in [0, 0.05) is 12.1 Å². The lowest BCUT2D eigenvalue weighted by Gasteiger charge is -2.02. The number of ether oxygens (including phenoxy) is 1. The van der Waals surface area contributed by atoms with E-state index >= 15 is 0 Å². The first-order valence-corrected chi connectivity index (χ1v) is 5.35. The fraction of sp³-hybridized carbons (Fsp3) is 0.100. The van der Waals surface area contributed by atoms with Gasteiger partial charge in [0.1, 0.15) is 6.33 Å². The Morgan fingerprint density at radius 3 is 2.84 bits per heavy atom. The number of nitrogens with zero attached hydrogens (tertiary/aromatic N) is 4. The summed E-state index contributed by atoms with van der Waals surface area (Å²) in [5, 5.41) is 14.6. The van der Waals surface area contributed by atoms with Gasteiger partial charge in [-0.3, -0.25) is 10.1 Å². The fourth-order valence-electron chi connectivity index (χ4n) is 1.36. The smallest absolute Gasteiger partial charge is 0.377 e. The summed E-state index contributed by atoms with van der Waals surface area (Å²) in [6, 6.07) is 3.88. The molecule has 1 aromatic carbocycles. The van der Waals surface area contributed by atoms with Gasteiger partial charge in [-0.05, 0) is 6.07 Å². The Balaban J connectivity index is 2.39. The highest BCUT2D eigenvalue weighted by Crippen LogP contribution is 2.24. The summed E-state index contributed by atoms with van der Waals surface area (Å²) in [4.78, 5) is 25.0. The Morgan fingerprint density at radius 1 is 1.53 bits per heavy atom. The number of esters is 1. The van der Waals surface area contributed by atoms with E-state index < -0.39 is 10.9 Å². The van der Waals surface area contributed by atoms with E-state index in [2.05, 4.69) is 14.8 Å². The van der Waals surface area contributed by atoms with Crippen LogP contribution in [0, 0.1) is 10.1 Å². The number of aromatic nitrogens is 3. The van der Waals surface area contributed by atoms with Crippen molar-refractivity contribution in [3.05, 3.63) is 45.5 Å². The molecule has 0 aliphatic heterocycles. The van der Waals surface area contributed by atoms with Crippen molar-refractivity contribution in [2.45, 2.75) is 0 Å². The van der Waals surface area contributed by atoms with Crippen molar-refractivity contribution in [1.82, 2.24) is 14.8 Å². The third-order valence-electron chi connectivity index (χ3n) is 2.25. The van der Waals surface area contributed by atoms with Crippen LogP contribution in [0.5, 0.6) is 0 Å². The summed E-state index contributed by atoms with van der Waals surface area (Å²) in [7, 11) is 1.21. The topological polar surface area (TPSA) is 100 Å². The van der Waals surface area contributed by atoms with Gasteiger partial charge in [0.15, 0.2) is 0 Å². The highest BCUT2D eigenvalue weighted by Gasteiger charge is 2.15. The normalized spacial score (nSPS) is 10.2. The zero-order valence-electron chi connectivity index (χ0n) is 9.61. The highest BCUT2D eigenvalue weighted by atomic mass is 35.5. The average molecular weight is 283 g/mol. The standard InChI is InChI=1S/C10H7ClN4O4/c1-19-10(16)9-12-5-14(13-9)8-3-2-6(15(17)18)4-7(8)11/h2-5H,1H3. The molecule has 0 fully saturated rings. The molecule has 0 N–H and O–H groups in total. The van der Waals surface area contributed by atoms with E-state index in [4.69, 9.17) is 11.6 Å². The first kappa shape index (κ1) is 13.0. The molecule has 9 heteroatoms. The highest BCUT2D eigenvalue weighted by molar-refractivity contribution is 6.32. The number of nitro benzene ring substituents is 1. The number of non-ortho nitro benzene ring substituents is 1. The molecule has 0 bridgehead atoms. The number of nitro groups is 1. The Hall–Kier alpha value is -2.48. The van der Waals surface area contributed by atoms with Crippen molar-refractivity contribution in [2.75, 3.05) is 7.11 Å². The molecule has 0 unspecified atom stereocenters. The van der Waals surface area contributed by atoms with Crippen LogP contribution in [-0.4, -0.2) is 32.8 Å². The maximum Gasteiger partial charge on any atom is 0.377 e. The van der Waals surface area contributed by atoms with E-state index in [-0.39, 0.29) is 16.5 Å². The lowest BCUT2D eigenvalue weighted by molar-refractivity contribution is -0.384. The SMILES string of the molecule is COC(=O)c1ncn(-c2ccc([N+](=O)[O-])cc2Cl)n1. The minimum atomic E-state index is -0.684. The lowest BCUT2D eigenvalue weighted by Crippen LogP contribution is -2.05. The predicted molar refractivity (Wildman–Crippen MR) is 64.4 cm³/mol. The largest absolute Gasteiger partial charge is 0.463 e. The Labute approximate surface area is 111 Å². The van der Waals surface area contributed by atoms with E-state index in [1.54, 1.807) is 0 Å². The summed E-state index contributed by atoms with van der Waals surface area (Å²) >= 11 is 5.92. The molecule has 0 spiro atoms. The Kier molecular flexibility index (Phi) is 3.43. The van der Waals surface area contributed by atoms with Gasteiger partial charge in [-0.25, -0.2) is 14.5 Å². The second-order valence-electron chi connectivity index (χ2n) is 3.40.